The first kappa shape index (κ1) is 15.7. The van der Waals surface area contributed by atoms with Crippen molar-refractivity contribution in [2.45, 2.75) is 45.3 Å². The van der Waals surface area contributed by atoms with Crippen molar-refractivity contribution in [2.24, 2.45) is 5.92 Å². The fraction of sp³-hybridized carbons (Fsp3) is 0.500. The van der Waals surface area contributed by atoms with E-state index in [-0.39, 0.29) is 6.10 Å². The van der Waals surface area contributed by atoms with Gasteiger partial charge in [0.1, 0.15) is 11.9 Å². The van der Waals surface area contributed by atoms with Crippen molar-refractivity contribution in [3.63, 3.8) is 0 Å². The molecule has 2 aromatic heterocycles. The highest BCUT2D eigenvalue weighted by atomic mass is 16.5. The zero-order valence-corrected chi connectivity index (χ0v) is 15.1. The smallest absolute Gasteiger partial charge is 0.324 e. The van der Waals surface area contributed by atoms with Gasteiger partial charge in [-0.2, -0.15) is 4.98 Å². The van der Waals surface area contributed by atoms with Crippen molar-refractivity contribution in [3.05, 3.63) is 36.3 Å². The van der Waals surface area contributed by atoms with Crippen LogP contribution in [0, 0.1) is 12.8 Å². The summed E-state index contributed by atoms with van der Waals surface area (Å²) >= 11 is 0. The Morgan fingerprint density at radius 2 is 2.00 bits per heavy atom. The minimum atomic E-state index is 0.229. The number of aryl methyl sites for hydroxylation is 1. The molecule has 0 unspecified atom stereocenters. The Balaban J connectivity index is 1.27. The Hall–Kier alpha value is -2.50. The third-order valence-electron chi connectivity index (χ3n) is 5.45. The lowest BCUT2D eigenvalue weighted by atomic mass is 10.1. The number of aromatic nitrogens is 3. The molecule has 0 radical (unpaired) electrons. The van der Waals surface area contributed by atoms with Gasteiger partial charge in [0.05, 0.1) is 5.52 Å². The molecular weight excluding hydrogens is 328 g/mol. The van der Waals surface area contributed by atoms with E-state index in [0.29, 0.717) is 11.8 Å². The molecule has 6 nitrogen and oxygen atoms in total. The molecule has 26 heavy (non-hydrogen) atoms. The van der Waals surface area contributed by atoms with E-state index in [1.807, 2.05) is 6.92 Å². The first-order valence-electron chi connectivity index (χ1n) is 9.56. The summed E-state index contributed by atoms with van der Waals surface area (Å²) in [6.07, 6.45) is 7.09. The predicted molar refractivity (Wildman–Crippen MR) is 99.6 cm³/mol. The zero-order chi connectivity index (χ0) is 17.5. The van der Waals surface area contributed by atoms with Crippen LogP contribution in [-0.2, 0) is 6.54 Å². The molecule has 1 aliphatic carbocycles. The molecule has 0 amide bonds. The van der Waals surface area contributed by atoms with Gasteiger partial charge in [0, 0.05) is 44.1 Å². The number of piperidine rings is 1. The van der Waals surface area contributed by atoms with Crippen molar-refractivity contribution in [3.8, 4) is 5.75 Å². The monoisotopic (exact) mass is 352 g/mol. The van der Waals surface area contributed by atoms with Crippen molar-refractivity contribution in [1.29, 1.82) is 0 Å². The molecule has 0 spiro atoms. The lowest BCUT2D eigenvalue weighted by molar-refractivity contribution is 0.171. The predicted octanol–water partition coefficient (Wildman–Crippen LogP) is 3.79. The van der Waals surface area contributed by atoms with Crippen LogP contribution in [0.2, 0.25) is 0 Å². The van der Waals surface area contributed by atoms with Crippen molar-refractivity contribution >= 4 is 16.9 Å². The second kappa shape index (κ2) is 6.34. The maximum Gasteiger partial charge on any atom is 0.324 e. The molecule has 1 saturated carbocycles. The number of ether oxygens (including phenoxy) is 1. The molecule has 3 aromatic rings. The lowest BCUT2D eigenvalue weighted by Gasteiger charge is -2.30. The van der Waals surface area contributed by atoms with Gasteiger partial charge in [0.25, 0.3) is 0 Å². The average molecular weight is 352 g/mol. The Morgan fingerprint density at radius 1 is 1.15 bits per heavy atom. The highest BCUT2D eigenvalue weighted by Crippen LogP contribution is 2.34. The van der Waals surface area contributed by atoms with E-state index >= 15 is 0 Å². The summed E-state index contributed by atoms with van der Waals surface area (Å²) in [7, 11) is 0. The number of hydrogen-bond donors (Lipinski definition) is 0. The van der Waals surface area contributed by atoms with Crippen molar-refractivity contribution in [1.82, 2.24) is 14.7 Å². The number of fused-ring (bicyclic) bond motifs is 1. The number of hydrogen-bond acceptors (Lipinski definition) is 5. The summed E-state index contributed by atoms with van der Waals surface area (Å²) in [6, 6.07) is 9.23. The molecule has 0 atom stereocenters. The Bertz CT molecular complexity index is 904. The average Bonchev–Trinajstić information content (AvgIpc) is 3.22. The molecule has 1 aliphatic heterocycles. The highest BCUT2D eigenvalue weighted by Gasteiger charge is 2.25. The Labute approximate surface area is 152 Å². The maximum atomic E-state index is 6.39. The molecule has 3 heterocycles. The summed E-state index contributed by atoms with van der Waals surface area (Å²) in [6.45, 7) is 4.74. The van der Waals surface area contributed by atoms with E-state index in [1.165, 1.54) is 23.7 Å². The molecule has 1 saturated heterocycles. The maximum absolute atomic E-state index is 6.39. The van der Waals surface area contributed by atoms with Crippen molar-refractivity contribution in [2.75, 3.05) is 18.0 Å². The SMILES string of the molecule is Cc1noc(N2CCC(Oc3cccc4c3ccn4CC3CC3)CC2)n1. The molecule has 2 fully saturated rings. The summed E-state index contributed by atoms with van der Waals surface area (Å²) < 4.78 is 14.0. The van der Waals surface area contributed by atoms with Crippen LogP contribution in [0.1, 0.15) is 31.5 Å². The largest absolute Gasteiger partial charge is 0.490 e. The third-order valence-corrected chi connectivity index (χ3v) is 5.45. The molecule has 5 rings (SSSR count). The van der Waals surface area contributed by atoms with Crippen LogP contribution < -0.4 is 9.64 Å². The quantitative estimate of drug-likeness (QED) is 0.699. The van der Waals surface area contributed by atoms with Gasteiger partial charge in [-0.05, 0) is 43.9 Å². The van der Waals surface area contributed by atoms with Gasteiger partial charge >= 0.3 is 6.01 Å². The minimum Gasteiger partial charge on any atom is -0.490 e. The minimum absolute atomic E-state index is 0.229. The lowest BCUT2D eigenvalue weighted by Crippen LogP contribution is -2.38. The summed E-state index contributed by atoms with van der Waals surface area (Å²) in [5, 5.41) is 5.10. The van der Waals surface area contributed by atoms with Crippen LogP contribution in [0.5, 0.6) is 5.75 Å². The Kier molecular flexibility index (Phi) is 3.84. The molecule has 6 heteroatoms. The molecular formula is C20H24N4O2. The van der Waals surface area contributed by atoms with E-state index < -0.39 is 0 Å². The summed E-state index contributed by atoms with van der Waals surface area (Å²) in [4.78, 5) is 6.47. The van der Waals surface area contributed by atoms with E-state index in [4.69, 9.17) is 9.26 Å². The van der Waals surface area contributed by atoms with Crippen LogP contribution >= 0.6 is 0 Å². The fourth-order valence-electron chi connectivity index (χ4n) is 3.79. The van der Waals surface area contributed by atoms with Gasteiger partial charge in [0.15, 0.2) is 5.82 Å². The Morgan fingerprint density at radius 3 is 2.73 bits per heavy atom. The summed E-state index contributed by atoms with van der Waals surface area (Å²) in [5.41, 5.74) is 1.29. The van der Waals surface area contributed by atoms with Gasteiger partial charge in [-0.25, -0.2) is 0 Å². The highest BCUT2D eigenvalue weighted by molar-refractivity contribution is 5.86. The second-order valence-electron chi connectivity index (χ2n) is 7.53. The molecule has 2 aliphatic rings. The van der Waals surface area contributed by atoms with Gasteiger partial charge in [-0.1, -0.05) is 11.2 Å². The third kappa shape index (κ3) is 3.04. The van der Waals surface area contributed by atoms with Crippen LogP contribution in [0.15, 0.2) is 35.0 Å². The first-order chi connectivity index (χ1) is 12.8. The topological polar surface area (TPSA) is 56.3 Å². The molecule has 1 aromatic carbocycles. The molecule has 0 bridgehead atoms. The normalized spacial score (nSPS) is 18.6. The van der Waals surface area contributed by atoms with Gasteiger partial charge in [-0.15, -0.1) is 0 Å². The van der Waals surface area contributed by atoms with Crippen molar-refractivity contribution < 1.29 is 9.26 Å². The van der Waals surface area contributed by atoms with E-state index in [1.54, 1.807) is 0 Å². The van der Waals surface area contributed by atoms with Crippen LogP contribution in [0.25, 0.3) is 10.9 Å². The molecule has 0 N–H and O–H groups in total. The van der Waals surface area contributed by atoms with Crippen LogP contribution in [0.3, 0.4) is 0 Å². The number of nitrogens with zero attached hydrogens (tertiary/aromatic N) is 4. The van der Waals surface area contributed by atoms with Crippen LogP contribution in [0.4, 0.5) is 6.01 Å². The fourth-order valence-corrected chi connectivity index (χ4v) is 3.79. The van der Waals surface area contributed by atoms with Gasteiger partial charge < -0.3 is 18.7 Å². The number of benzene rings is 1. The van der Waals surface area contributed by atoms with E-state index in [2.05, 4.69) is 50.1 Å². The standard InChI is InChI=1S/C20H24N4O2/c1-14-21-20(26-22-14)23-10-7-16(8-11-23)25-19-4-2-3-18-17(19)9-12-24(18)13-15-5-6-15/h2-4,9,12,15-16H,5-8,10-11,13H2,1H3. The van der Waals surface area contributed by atoms with E-state index in [9.17, 15) is 0 Å². The number of rotatable bonds is 5. The molecule has 136 valence electrons. The van der Waals surface area contributed by atoms with Crippen LogP contribution in [-0.4, -0.2) is 33.9 Å². The van der Waals surface area contributed by atoms with Gasteiger partial charge in [-0.3, -0.25) is 0 Å². The first-order valence-corrected chi connectivity index (χ1v) is 9.56. The second-order valence-corrected chi connectivity index (χ2v) is 7.53. The zero-order valence-electron chi connectivity index (χ0n) is 15.1. The van der Waals surface area contributed by atoms with E-state index in [0.717, 1.165) is 44.1 Å². The van der Waals surface area contributed by atoms with Gasteiger partial charge in [0.2, 0.25) is 0 Å². The number of anilines is 1. The summed E-state index contributed by atoms with van der Waals surface area (Å²) in [5.74, 6) is 2.55.